The lowest BCUT2D eigenvalue weighted by Crippen LogP contribution is -2.15. The van der Waals surface area contributed by atoms with Crippen LogP contribution in [0.4, 0.5) is 0 Å². The molecular weight excluding hydrogens is 474 g/mol. The lowest BCUT2D eigenvalue weighted by molar-refractivity contribution is 0.0469. The van der Waals surface area contributed by atoms with Gasteiger partial charge in [0.2, 0.25) is 15.8 Å². The predicted molar refractivity (Wildman–Crippen MR) is 129 cm³/mol. The Morgan fingerprint density at radius 2 is 1.74 bits per heavy atom. The van der Waals surface area contributed by atoms with Gasteiger partial charge in [-0.3, -0.25) is 4.79 Å². The highest BCUT2D eigenvalue weighted by atomic mass is 32.2. The van der Waals surface area contributed by atoms with Gasteiger partial charge in [0.25, 0.3) is 0 Å². The van der Waals surface area contributed by atoms with E-state index >= 15 is 0 Å². The third kappa shape index (κ3) is 4.84. The summed E-state index contributed by atoms with van der Waals surface area (Å²) in [5.41, 5.74) is 3.53. The molecule has 34 heavy (non-hydrogen) atoms. The average molecular weight is 496 g/mol. The van der Waals surface area contributed by atoms with Crippen LogP contribution in [0.5, 0.6) is 0 Å². The van der Waals surface area contributed by atoms with Crippen LogP contribution in [0.1, 0.15) is 32.2 Å². The number of Topliss-reactive ketones (excluding diaryl/α,β-unsaturated/α-hetero) is 1. The second-order valence-electron chi connectivity index (χ2n) is 7.56. The Hall–Kier alpha value is -3.60. The molecule has 0 saturated carbocycles. The Kier molecular flexibility index (Phi) is 6.47. The Bertz CT molecular complexity index is 1470. The molecule has 8 nitrogen and oxygen atoms in total. The van der Waals surface area contributed by atoms with Gasteiger partial charge in [-0.05, 0) is 44.2 Å². The number of nitrogens with two attached hydrogens (primary N) is 1. The minimum Gasteiger partial charge on any atom is -0.453 e. The molecule has 0 amide bonds. The SMILES string of the molecule is Cc1cc(C(=O)COC(=O)c2csc(-c3ccccc3)n2)c(C)n1-c1ccc(S(N)(=O)=O)cc1. The van der Waals surface area contributed by atoms with E-state index < -0.39 is 22.6 Å². The summed E-state index contributed by atoms with van der Waals surface area (Å²) in [7, 11) is -3.80. The van der Waals surface area contributed by atoms with Gasteiger partial charge in [-0.1, -0.05) is 30.3 Å². The van der Waals surface area contributed by atoms with E-state index in [1.807, 2.05) is 41.8 Å². The third-order valence-corrected chi connectivity index (χ3v) is 7.04. The fraction of sp³-hybridized carbons (Fsp3) is 0.125. The van der Waals surface area contributed by atoms with E-state index in [0.29, 0.717) is 22.0 Å². The number of hydrogen-bond acceptors (Lipinski definition) is 7. The normalized spacial score (nSPS) is 11.4. The zero-order valence-corrected chi connectivity index (χ0v) is 20.0. The van der Waals surface area contributed by atoms with Crippen LogP contribution in [-0.4, -0.2) is 36.3 Å². The summed E-state index contributed by atoms with van der Waals surface area (Å²) in [6.45, 7) is 3.16. The maximum atomic E-state index is 12.8. The number of hydrogen-bond donors (Lipinski definition) is 1. The summed E-state index contributed by atoms with van der Waals surface area (Å²) < 4.78 is 30.0. The van der Waals surface area contributed by atoms with Crippen molar-refractivity contribution in [3.63, 3.8) is 0 Å². The zero-order valence-electron chi connectivity index (χ0n) is 18.4. The van der Waals surface area contributed by atoms with Gasteiger partial charge in [0, 0.05) is 33.6 Å². The van der Waals surface area contributed by atoms with Crippen LogP contribution in [0, 0.1) is 13.8 Å². The monoisotopic (exact) mass is 495 g/mol. The first-order valence-electron chi connectivity index (χ1n) is 10.2. The van der Waals surface area contributed by atoms with E-state index in [0.717, 1.165) is 11.3 Å². The molecule has 2 aromatic carbocycles. The molecule has 10 heteroatoms. The van der Waals surface area contributed by atoms with Gasteiger partial charge in [-0.15, -0.1) is 11.3 Å². The Labute approximate surface area is 200 Å². The number of benzene rings is 2. The summed E-state index contributed by atoms with van der Waals surface area (Å²) in [6.07, 6.45) is 0. The number of carbonyl (C=O) groups is 2. The van der Waals surface area contributed by atoms with Crippen molar-refractivity contribution in [2.75, 3.05) is 6.61 Å². The van der Waals surface area contributed by atoms with Gasteiger partial charge in [0.1, 0.15) is 5.01 Å². The molecule has 2 aromatic heterocycles. The van der Waals surface area contributed by atoms with Crippen LogP contribution in [0.2, 0.25) is 0 Å². The third-order valence-electron chi connectivity index (χ3n) is 5.22. The molecule has 0 aliphatic heterocycles. The van der Waals surface area contributed by atoms with Gasteiger partial charge < -0.3 is 9.30 Å². The van der Waals surface area contributed by atoms with Gasteiger partial charge in [0.05, 0.1) is 4.90 Å². The highest BCUT2D eigenvalue weighted by Gasteiger charge is 2.20. The summed E-state index contributed by atoms with van der Waals surface area (Å²) in [4.78, 5) is 29.5. The second-order valence-corrected chi connectivity index (χ2v) is 9.98. The molecule has 0 unspecified atom stereocenters. The van der Waals surface area contributed by atoms with E-state index in [2.05, 4.69) is 4.98 Å². The maximum absolute atomic E-state index is 12.8. The molecule has 0 bridgehead atoms. The first-order chi connectivity index (χ1) is 16.1. The molecule has 4 rings (SSSR count). The highest BCUT2D eigenvalue weighted by molar-refractivity contribution is 7.89. The lowest BCUT2D eigenvalue weighted by atomic mass is 10.1. The van der Waals surface area contributed by atoms with Gasteiger partial charge in [0.15, 0.2) is 12.3 Å². The summed E-state index contributed by atoms with van der Waals surface area (Å²) in [6, 6.07) is 17.2. The van der Waals surface area contributed by atoms with Gasteiger partial charge in [-0.25, -0.2) is 23.3 Å². The largest absolute Gasteiger partial charge is 0.453 e. The van der Waals surface area contributed by atoms with Crippen molar-refractivity contribution in [3.05, 3.63) is 88.7 Å². The average Bonchev–Trinajstić information content (AvgIpc) is 3.42. The molecule has 0 aliphatic carbocycles. The molecule has 2 N–H and O–H groups in total. The molecule has 2 heterocycles. The van der Waals surface area contributed by atoms with Crippen LogP contribution in [0.15, 0.2) is 70.9 Å². The zero-order chi connectivity index (χ0) is 24.5. The van der Waals surface area contributed by atoms with E-state index in [1.54, 1.807) is 30.5 Å². The second kappa shape index (κ2) is 9.34. The van der Waals surface area contributed by atoms with Crippen molar-refractivity contribution in [3.8, 4) is 16.3 Å². The van der Waals surface area contributed by atoms with Crippen molar-refractivity contribution in [2.45, 2.75) is 18.7 Å². The van der Waals surface area contributed by atoms with E-state index in [1.165, 1.54) is 23.5 Å². The van der Waals surface area contributed by atoms with Crippen molar-refractivity contribution >= 4 is 33.1 Å². The minimum atomic E-state index is -3.80. The number of esters is 1. The number of nitrogens with zero attached hydrogens (tertiary/aromatic N) is 2. The molecule has 0 radical (unpaired) electrons. The summed E-state index contributed by atoms with van der Waals surface area (Å²) in [5.74, 6) is -1.02. The molecular formula is C24H21N3O5S2. The van der Waals surface area contributed by atoms with Crippen molar-refractivity contribution in [1.29, 1.82) is 0 Å². The van der Waals surface area contributed by atoms with Gasteiger partial charge >= 0.3 is 5.97 Å². The van der Waals surface area contributed by atoms with E-state index in [9.17, 15) is 18.0 Å². The molecule has 174 valence electrons. The number of sulfonamides is 1. The Morgan fingerprint density at radius 3 is 2.38 bits per heavy atom. The number of aryl methyl sites for hydroxylation is 1. The van der Waals surface area contributed by atoms with Crippen molar-refractivity contribution < 1.29 is 22.7 Å². The first-order valence-corrected chi connectivity index (χ1v) is 12.6. The number of ether oxygens (including phenoxy) is 1. The quantitative estimate of drug-likeness (QED) is 0.307. The highest BCUT2D eigenvalue weighted by Crippen LogP contribution is 2.25. The fourth-order valence-corrected chi connectivity index (χ4v) is 4.90. The lowest BCUT2D eigenvalue weighted by Gasteiger charge is -2.10. The number of carbonyl (C=O) groups excluding carboxylic acids is 2. The van der Waals surface area contributed by atoms with Crippen LogP contribution < -0.4 is 5.14 Å². The molecule has 0 spiro atoms. The Morgan fingerprint density at radius 1 is 1.06 bits per heavy atom. The first kappa shape index (κ1) is 23.6. The van der Waals surface area contributed by atoms with Crippen LogP contribution in [0.3, 0.4) is 0 Å². The number of ketones is 1. The van der Waals surface area contributed by atoms with Crippen LogP contribution in [-0.2, 0) is 14.8 Å². The summed E-state index contributed by atoms with van der Waals surface area (Å²) in [5, 5.41) is 7.45. The predicted octanol–water partition coefficient (Wildman–Crippen LogP) is 3.90. The fourth-order valence-electron chi connectivity index (χ4n) is 3.59. The van der Waals surface area contributed by atoms with Crippen molar-refractivity contribution in [1.82, 2.24) is 9.55 Å². The minimum absolute atomic E-state index is 0.000568. The number of rotatable bonds is 7. The number of thiazole rings is 1. The molecule has 4 aromatic rings. The maximum Gasteiger partial charge on any atom is 0.358 e. The summed E-state index contributed by atoms with van der Waals surface area (Å²) >= 11 is 1.32. The molecule has 0 atom stereocenters. The molecule has 0 aliphatic rings. The molecule has 0 fully saturated rings. The standard InChI is InChI=1S/C24H21N3O5S2/c1-15-12-20(16(2)27(15)18-8-10-19(11-9-18)34(25,30)31)22(28)13-32-24(29)21-14-33-23(26-21)17-6-4-3-5-7-17/h3-12,14H,13H2,1-2H3,(H2,25,30,31). The number of aromatic nitrogens is 2. The smallest absolute Gasteiger partial charge is 0.358 e. The van der Waals surface area contributed by atoms with E-state index in [4.69, 9.17) is 9.88 Å². The van der Waals surface area contributed by atoms with E-state index in [-0.39, 0.29) is 16.4 Å². The number of primary sulfonamides is 1. The molecule has 0 saturated heterocycles. The van der Waals surface area contributed by atoms with Gasteiger partial charge in [-0.2, -0.15) is 0 Å². The van der Waals surface area contributed by atoms with Crippen LogP contribution in [0.25, 0.3) is 16.3 Å². The van der Waals surface area contributed by atoms with Crippen LogP contribution >= 0.6 is 11.3 Å². The van der Waals surface area contributed by atoms with Crippen molar-refractivity contribution in [2.24, 2.45) is 5.14 Å². The topological polar surface area (TPSA) is 121 Å². The Balaban J connectivity index is 1.47.